The number of rotatable bonds is 5. The van der Waals surface area contributed by atoms with E-state index in [-0.39, 0.29) is 12.6 Å². The molecule has 16 heavy (non-hydrogen) atoms. The van der Waals surface area contributed by atoms with Gasteiger partial charge in [-0.2, -0.15) is 0 Å². The Kier molecular flexibility index (Phi) is 5.25. The van der Waals surface area contributed by atoms with Gasteiger partial charge in [-0.15, -0.1) is 0 Å². The van der Waals surface area contributed by atoms with Crippen molar-refractivity contribution in [1.29, 1.82) is 0 Å². The highest BCUT2D eigenvalue weighted by Gasteiger charge is 2.08. The van der Waals surface area contributed by atoms with E-state index in [2.05, 4.69) is 21.2 Å². The third-order valence-electron chi connectivity index (χ3n) is 2.64. The van der Waals surface area contributed by atoms with Gasteiger partial charge in [0.15, 0.2) is 0 Å². The second-order valence-corrected chi connectivity index (χ2v) is 4.81. The van der Waals surface area contributed by atoms with E-state index in [1.165, 1.54) is 0 Å². The van der Waals surface area contributed by atoms with Gasteiger partial charge in [0.05, 0.1) is 6.61 Å². The Bertz CT molecular complexity index is 351. The molecule has 1 rings (SSSR count). The highest BCUT2D eigenvalue weighted by Crippen LogP contribution is 2.26. The van der Waals surface area contributed by atoms with Gasteiger partial charge < -0.3 is 15.5 Å². The van der Waals surface area contributed by atoms with Gasteiger partial charge in [-0.1, -0.05) is 22.9 Å². The number of hydrogen-bond acceptors (Lipinski definition) is 3. The molecular formula is C12H18BrNO2. The summed E-state index contributed by atoms with van der Waals surface area (Å²) in [5.74, 6) is 0.323. The molecule has 4 heteroatoms. The van der Waals surface area contributed by atoms with Crippen molar-refractivity contribution in [2.24, 2.45) is 0 Å². The molecule has 3 N–H and O–H groups in total. The Labute approximate surface area is 105 Å². The number of aliphatic hydroxyl groups excluding tert-OH is 1. The fourth-order valence-electron chi connectivity index (χ4n) is 1.53. The molecule has 0 spiro atoms. The molecule has 90 valence electrons. The fraction of sp³-hybridized carbons (Fsp3) is 0.500. The second-order valence-electron chi connectivity index (χ2n) is 3.90. The average molecular weight is 288 g/mol. The van der Waals surface area contributed by atoms with Crippen LogP contribution in [0.15, 0.2) is 16.6 Å². The Morgan fingerprint density at radius 1 is 1.44 bits per heavy atom. The van der Waals surface area contributed by atoms with E-state index in [1.54, 1.807) is 0 Å². The Morgan fingerprint density at radius 3 is 2.69 bits per heavy atom. The molecule has 0 aliphatic carbocycles. The molecule has 0 fully saturated rings. The van der Waals surface area contributed by atoms with E-state index in [0.717, 1.165) is 22.0 Å². The molecule has 0 heterocycles. The lowest BCUT2D eigenvalue weighted by molar-refractivity contribution is 0.238. The summed E-state index contributed by atoms with van der Waals surface area (Å²) in [6, 6.07) is 3.85. The van der Waals surface area contributed by atoms with Crippen LogP contribution in [0.2, 0.25) is 0 Å². The predicted molar refractivity (Wildman–Crippen MR) is 68.5 cm³/mol. The number of benzene rings is 1. The summed E-state index contributed by atoms with van der Waals surface area (Å²) in [5, 5.41) is 22.1. The van der Waals surface area contributed by atoms with Crippen molar-refractivity contribution in [1.82, 2.24) is 5.32 Å². The molecule has 3 nitrogen and oxygen atoms in total. The van der Waals surface area contributed by atoms with Crippen molar-refractivity contribution in [2.75, 3.05) is 6.61 Å². The lowest BCUT2D eigenvalue weighted by Gasteiger charge is -2.15. The average Bonchev–Trinajstić information content (AvgIpc) is 2.26. The number of aryl methyl sites for hydroxylation is 1. The third kappa shape index (κ3) is 3.47. The maximum atomic E-state index is 9.86. The van der Waals surface area contributed by atoms with Gasteiger partial charge in [0.2, 0.25) is 0 Å². The van der Waals surface area contributed by atoms with Crippen molar-refractivity contribution in [3.63, 3.8) is 0 Å². The lowest BCUT2D eigenvalue weighted by Crippen LogP contribution is -2.31. The zero-order chi connectivity index (χ0) is 12.1. The van der Waals surface area contributed by atoms with Crippen molar-refractivity contribution in [2.45, 2.75) is 32.9 Å². The largest absolute Gasteiger partial charge is 0.507 e. The van der Waals surface area contributed by atoms with E-state index in [0.29, 0.717) is 12.3 Å². The number of aromatic hydroxyl groups is 1. The van der Waals surface area contributed by atoms with E-state index < -0.39 is 0 Å². The van der Waals surface area contributed by atoms with Crippen LogP contribution in [-0.2, 0) is 6.54 Å². The standard InChI is InChI=1S/C12H18BrNO2/c1-3-11(7-15)14-6-9-5-10(13)4-8(2)12(9)16/h4-5,11,14-16H,3,6-7H2,1-2H3. The SMILES string of the molecule is CCC(CO)NCc1cc(Br)cc(C)c1O. The van der Waals surface area contributed by atoms with Gasteiger partial charge in [-0.3, -0.25) is 0 Å². The first-order chi connectivity index (χ1) is 7.58. The minimum absolute atomic E-state index is 0.0821. The first kappa shape index (κ1) is 13.5. The van der Waals surface area contributed by atoms with Crippen LogP contribution in [0.3, 0.4) is 0 Å². The smallest absolute Gasteiger partial charge is 0.123 e. The molecule has 0 amide bonds. The summed E-state index contributed by atoms with van der Waals surface area (Å²) in [7, 11) is 0. The van der Waals surface area contributed by atoms with Crippen molar-refractivity contribution < 1.29 is 10.2 Å². The topological polar surface area (TPSA) is 52.5 Å². The van der Waals surface area contributed by atoms with Crippen molar-refractivity contribution in [3.05, 3.63) is 27.7 Å². The minimum atomic E-state index is 0.0821. The number of hydrogen-bond donors (Lipinski definition) is 3. The molecule has 0 aromatic heterocycles. The van der Waals surface area contributed by atoms with Gasteiger partial charge in [-0.25, -0.2) is 0 Å². The molecule has 1 aromatic carbocycles. The fourth-order valence-corrected chi connectivity index (χ4v) is 2.15. The molecule has 0 aliphatic heterocycles. The summed E-state index contributed by atoms with van der Waals surface area (Å²) in [4.78, 5) is 0. The number of aliphatic hydroxyl groups is 1. The van der Waals surface area contributed by atoms with Gasteiger partial charge in [0.25, 0.3) is 0 Å². The van der Waals surface area contributed by atoms with Crippen molar-refractivity contribution >= 4 is 15.9 Å². The maximum Gasteiger partial charge on any atom is 0.123 e. The van der Waals surface area contributed by atoms with Crippen LogP contribution < -0.4 is 5.32 Å². The zero-order valence-corrected chi connectivity index (χ0v) is 11.2. The minimum Gasteiger partial charge on any atom is -0.507 e. The van der Waals surface area contributed by atoms with E-state index >= 15 is 0 Å². The zero-order valence-electron chi connectivity index (χ0n) is 9.63. The van der Waals surface area contributed by atoms with Crippen LogP contribution in [0.5, 0.6) is 5.75 Å². The number of nitrogens with one attached hydrogen (secondary N) is 1. The van der Waals surface area contributed by atoms with E-state index in [9.17, 15) is 5.11 Å². The number of phenols is 1. The van der Waals surface area contributed by atoms with Crippen LogP contribution in [0.1, 0.15) is 24.5 Å². The second kappa shape index (κ2) is 6.23. The molecule has 0 bridgehead atoms. The van der Waals surface area contributed by atoms with E-state index in [1.807, 2.05) is 26.0 Å². The van der Waals surface area contributed by atoms with Crippen LogP contribution >= 0.6 is 15.9 Å². The molecule has 1 aromatic rings. The quantitative estimate of drug-likeness (QED) is 0.779. The molecule has 1 atom stereocenters. The van der Waals surface area contributed by atoms with Gasteiger partial charge in [-0.05, 0) is 31.0 Å². The third-order valence-corrected chi connectivity index (χ3v) is 3.10. The Balaban J connectivity index is 2.73. The van der Waals surface area contributed by atoms with Crippen molar-refractivity contribution in [3.8, 4) is 5.75 Å². The molecule has 1 unspecified atom stereocenters. The first-order valence-electron chi connectivity index (χ1n) is 5.40. The summed E-state index contributed by atoms with van der Waals surface area (Å²) in [6.07, 6.45) is 0.865. The number of halogens is 1. The predicted octanol–water partition coefficient (Wildman–Crippen LogP) is 2.32. The highest BCUT2D eigenvalue weighted by atomic mass is 79.9. The molecule has 0 radical (unpaired) electrons. The maximum absolute atomic E-state index is 9.86. The molecule has 0 saturated heterocycles. The summed E-state index contributed by atoms with van der Waals surface area (Å²) in [5.41, 5.74) is 1.70. The van der Waals surface area contributed by atoms with Crippen LogP contribution in [0.25, 0.3) is 0 Å². The van der Waals surface area contributed by atoms with Gasteiger partial charge >= 0.3 is 0 Å². The first-order valence-corrected chi connectivity index (χ1v) is 6.20. The van der Waals surface area contributed by atoms with Crippen LogP contribution in [-0.4, -0.2) is 22.9 Å². The van der Waals surface area contributed by atoms with E-state index in [4.69, 9.17) is 5.11 Å². The van der Waals surface area contributed by atoms with Crippen LogP contribution in [0.4, 0.5) is 0 Å². The Morgan fingerprint density at radius 2 is 2.12 bits per heavy atom. The molecule has 0 aliphatic rings. The Hall–Kier alpha value is -0.580. The normalized spacial score (nSPS) is 12.8. The van der Waals surface area contributed by atoms with Crippen LogP contribution in [0, 0.1) is 6.92 Å². The monoisotopic (exact) mass is 287 g/mol. The summed E-state index contributed by atoms with van der Waals surface area (Å²) < 4.78 is 0.955. The number of phenolic OH excluding ortho intramolecular Hbond substituents is 1. The molecule has 0 saturated carbocycles. The van der Waals surface area contributed by atoms with Gasteiger partial charge in [0, 0.05) is 22.6 Å². The highest BCUT2D eigenvalue weighted by molar-refractivity contribution is 9.10. The summed E-state index contributed by atoms with van der Waals surface area (Å²) in [6.45, 7) is 4.56. The van der Waals surface area contributed by atoms with Gasteiger partial charge in [0.1, 0.15) is 5.75 Å². The lowest BCUT2D eigenvalue weighted by atomic mass is 10.1. The summed E-state index contributed by atoms with van der Waals surface area (Å²) >= 11 is 3.40. The molecular weight excluding hydrogens is 270 g/mol.